The van der Waals surface area contributed by atoms with Gasteiger partial charge >= 0.3 is 0 Å². The second-order valence-electron chi connectivity index (χ2n) is 5.23. The van der Waals surface area contributed by atoms with Crippen molar-refractivity contribution in [1.29, 1.82) is 0 Å². The molecule has 1 saturated carbocycles. The maximum atomic E-state index is 3.75. The molecule has 0 amide bonds. The minimum absolute atomic E-state index is 0.713. The number of benzene rings is 1. The minimum Gasteiger partial charge on any atom is -0.313 e. The van der Waals surface area contributed by atoms with Gasteiger partial charge in [-0.1, -0.05) is 31.5 Å². The van der Waals surface area contributed by atoms with E-state index >= 15 is 0 Å². The lowest BCUT2D eigenvalue weighted by Crippen LogP contribution is -2.44. The van der Waals surface area contributed by atoms with E-state index in [0.717, 1.165) is 18.4 Å². The summed E-state index contributed by atoms with van der Waals surface area (Å²) in [5, 5.41) is 3.75. The average molecular weight is 247 g/mol. The van der Waals surface area contributed by atoms with Gasteiger partial charge in [-0.15, -0.1) is 11.8 Å². The molecule has 0 spiro atoms. The summed E-state index contributed by atoms with van der Waals surface area (Å²) in [5.41, 5.74) is 1.59. The lowest BCUT2D eigenvalue weighted by molar-refractivity contribution is 0.211. The zero-order valence-electron chi connectivity index (χ0n) is 10.5. The van der Waals surface area contributed by atoms with Crippen LogP contribution in [0.5, 0.6) is 0 Å². The van der Waals surface area contributed by atoms with Crippen LogP contribution in [-0.2, 0) is 0 Å². The normalized spacial score (nSPS) is 25.4. The molecule has 1 aliphatic heterocycles. The van der Waals surface area contributed by atoms with E-state index in [1.54, 1.807) is 5.56 Å². The van der Waals surface area contributed by atoms with Crippen LogP contribution in [0, 0.1) is 5.92 Å². The summed E-state index contributed by atoms with van der Waals surface area (Å²) >= 11 is 2.04. The molecular formula is C15H21NS. The molecule has 2 aliphatic rings. The van der Waals surface area contributed by atoms with Gasteiger partial charge in [0.15, 0.2) is 0 Å². The Bertz CT molecular complexity index is 386. The predicted octanol–water partition coefficient (Wildman–Crippen LogP) is 3.65. The van der Waals surface area contributed by atoms with Crippen molar-refractivity contribution >= 4 is 11.8 Å². The first-order valence-corrected chi connectivity index (χ1v) is 7.84. The molecule has 1 N–H and O–H groups in total. The van der Waals surface area contributed by atoms with Gasteiger partial charge in [0, 0.05) is 22.6 Å². The fourth-order valence-electron chi connectivity index (χ4n) is 3.16. The number of hydrogen-bond donors (Lipinski definition) is 1. The third-order valence-corrected chi connectivity index (χ3v) is 5.48. The molecule has 92 valence electrons. The molecule has 1 aliphatic carbocycles. The van der Waals surface area contributed by atoms with Crippen LogP contribution in [0.15, 0.2) is 29.2 Å². The maximum Gasteiger partial charge on any atom is 0.0172 e. The highest BCUT2D eigenvalue weighted by Crippen LogP contribution is 2.45. The molecule has 2 atom stereocenters. The fourth-order valence-corrected chi connectivity index (χ4v) is 4.46. The van der Waals surface area contributed by atoms with Crippen LogP contribution in [0.4, 0.5) is 0 Å². The van der Waals surface area contributed by atoms with Gasteiger partial charge in [-0.25, -0.2) is 0 Å². The molecule has 1 heterocycles. The second kappa shape index (κ2) is 5.03. The van der Waals surface area contributed by atoms with E-state index in [4.69, 9.17) is 0 Å². The molecule has 3 rings (SSSR count). The van der Waals surface area contributed by atoms with Crippen molar-refractivity contribution in [3.8, 4) is 0 Å². The number of nitrogens with one attached hydrogen (secondary N) is 1. The van der Waals surface area contributed by atoms with E-state index in [1.165, 1.54) is 29.9 Å². The van der Waals surface area contributed by atoms with Crippen LogP contribution in [0.3, 0.4) is 0 Å². The van der Waals surface area contributed by atoms with E-state index in [1.807, 2.05) is 11.8 Å². The summed E-state index contributed by atoms with van der Waals surface area (Å²) < 4.78 is 0. The van der Waals surface area contributed by atoms with Gasteiger partial charge < -0.3 is 5.32 Å². The van der Waals surface area contributed by atoms with Gasteiger partial charge in [-0.05, 0) is 36.9 Å². The van der Waals surface area contributed by atoms with Gasteiger partial charge in [0.2, 0.25) is 0 Å². The summed E-state index contributed by atoms with van der Waals surface area (Å²) in [4.78, 5) is 1.51. The van der Waals surface area contributed by atoms with E-state index in [2.05, 4.69) is 36.5 Å². The highest BCUT2D eigenvalue weighted by Gasteiger charge is 2.36. The lowest BCUT2D eigenvalue weighted by atomic mass is 9.73. The number of fused-ring (bicyclic) bond motifs is 1. The molecule has 0 radical (unpaired) electrons. The van der Waals surface area contributed by atoms with E-state index in [9.17, 15) is 0 Å². The van der Waals surface area contributed by atoms with Gasteiger partial charge in [0.25, 0.3) is 0 Å². The third kappa shape index (κ3) is 2.13. The number of rotatable bonds is 4. The Balaban J connectivity index is 1.82. The van der Waals surface area contributed by atoms with Crippen molar-refractivity contribution in [2.45, 2.75) is 43.0 Å². The first-order chi connectivity index (χ1) is 8.40. The number of hydrogen-bond acceptors (Lipinski definition) is 2. The first kappa shape index (κ1) is 11.6. The molecule has 1 aromatic carbocycles. The van der Waals surface area contributed by atoms with Crippen molar-refractivity contribution in [3.05, 3.63) is 29.8 Å². The highest BCUT2D eigenvalue weighted by atomic mass is 32.2. The van der Waals surface area contributed by atoms with Crippen molar-refractivity contribution in [2.24, 2.45) is 5.92 Å². The Morgan fingerprint density at radius 2 is 2.18 bits per heavy atom. The van der Waals surface area contributed by atoms with Crippen LogP contribution in [0.25, 0.3) is 0 Å². The Morgan fingerprint density at radius 1 is 1.35 bits per heavy atom. The Hall–Kier alpha value is -0.470. The highest BCUT2D eigenvalue weighted by molar-refractivity contribution is 7.99. The summed E-state index contributed by atoms with van der Waals surface area (Å²) in [7, 11) is 0. The lowest BCUT2D eigenvalue weighted by Gasteiger charge is -2.38. The molecule has 1 fully saturated rings. The second-order valence-corrected chi connectivity index (χ2v) is 6.29. The zero-order chi connectivity index (χ0) is 11.7. The van der Waals surface area contributed by atoms with Crippen molar-refractivity contribution in [1.82, 2.24) is 5.32 Å². The SMILES string of the molecule is CCNC(C1CCC1)C1CSc2ccccc21. The van der Waals surface area contributed by atoms with Crippen LogP contribution < -0.4 is 5.32 Å². The van der Waals surface area contributed by atoms with Crippen LogP contribution in [0.1, 0.15) is 37.7 Å². The Labute approximate surface area is 108 Å². The van der Waals surface area contributed by atoms with Gasteiger partial charge in [0.05, 0.1) is 0 Å². The molecule has 1 nitrogen and oxygen atoms in total. The van der Waals surface area contributed by atoms with Crippen LogP contribution in [-0.4, -0.2) is 18.3 Å². The zero-order valence-corrected chi connectivity index (χ0v) is 11.3. The summed E-state index contributed by atoms with van der Waals surface area (Å²) in [5.74, 6) is 2.93. The summed E-state index contributed by atoms with van der Waals surface area (Å²) in [6.45, 7) is 3.34. The fraction of sp³-hybridized carbons (Fsp3) is 0.600. The molecule has 0 aromatic heterocycles. The van der Waals surface area contributed by atoms with Gasteiger partial charge in [-0.2, -0.15) is 0 Å². The van der Waals surface area contributed by atoms with Crippen LogP contribution in [0.2, 0.25) is 0 Å². The largest absolute Gasteiger partial charge is 0.313 e. The van der Waals surface area contributed by atoms with Crippen molar-refractivity contribution in [2.75, 3.05) is 12.3 Å². The average Bonchev–Trinajstić information content (AvgIpc) is 2.69. The van der Waals surface area contributed by atoms with E-state index < -0.39 is 0 Å². The summed E-state index contributed by atoms with van der Waals surface area (Å²) in [6, 6.07) is 9.69. The molecule has 2 heteroatoms. The first-order valence-electron chi connectivity index (χ1n) is 6.85. The molecule has 17 heavy (non-hydrogen) atoms. The maximum absolute atomic E-state index is 3.75. The molecular weight excluding hydrogens is 226 g/mol. The van der Waals surface area contributed by atoms with Gasteiger partial charge in [0.1, 0.15) is 0 Å². The van der Waals surface area contributed by atoms with E-state index in [-0.39, 0.29) is 0 Å². The van der Waals surface area contributed by atoms with Crippen LogP contribution >= 0.6 is 11.8 Å². The molecule has 0 bridgehead atoms. The standard InChI is InChI=1S/C15H21NS/c1-2-16-15(11-6-5-7-11)13-10-17-14-9-4-3-8-12(13)14/h3-4,8-9,11,13,15-16H,2,5-7,10H2,1H3. The summed E-state index contributed by atoms with van der Waals surface area (Å²) in [6.07, 6.45) is 4.30. The quantitative estimate of drug-likeness (QED) is 0.871. The van der Waals surface area contributed by atoms with Gasteiger partial charge in [-0.3, -0.25) is 0 Å². The van der Waals surface area contributed by atoms with E-state index in [0.29, 0.717) is 6.04 Å². The van der Waals surface area contributed by atoms with Crippen molar-refractivity contribution < 1.29 is 0 Å². The Kier molecular flexibility index (Phi) is 3.44. The molecule has 0 saturated heterocycles. The minimum atomic E-state index is 0.713. The van der Waals surface area contributed by atoms with Crippen molar-refractivity contribution in [3.63, 3.8) is 0 Å². The Morgan fingerprint density at radius 3 is 2.88 bits per heavy atom. The topological polar surface area (TPSA) is 12.0 Å². The predicted molar refractivity (Wildman–Crippen MR) is 74.7 cm³/mol. The smallest absolute Gasteiger partial charge is 0.0172 e. The third-order valence-electron chi connectivity index (χ3n) is 4.27. The molecule has 1 aromatic rings. The monoisotopic (exact) mass is 247 g/mol. The number of likely N-dealkylation sites (N-methyl/N-ethyl adjacent to an activating group) is 1. The number of thioether (sulfide) groups is 1. The molecule has 2 unspecified atom stereocenters.